The average Bonchev–Trinajstić information content (AvgIpc) is 3.66. The van der Waals surface area contributed by atoms with Crippen LogP contribution in [0, 0.1) is 0 Å². The first-order valence-corrected chi connectivity index (χ1v) is 20.3. The van der Waals surface area contributed by atoms with E-state index in [0.717, 1.165) is 44.4 Å². The van der Waals surface area contributed by atoms with Crippen LogP contribution in [-0.4, -0.2) is 9.55 Å². The normalized spacial score (nSPS) is 11.7. The molecule has 0 atom stereocenters. The number of fused-ring (bicyclic) bond motifs is 9. The Morgan fingerprint density at radius 1 is 0.305 bits per heavy atom. The molecule has 0 aliphatic carbocycles. The summed E-state index contributed by atoms with van der Waals surface area (Å²) in [5, 5.41) is 11.0. The van der Waals surface area contributed by atoms with Crippen molar-refractivity contribution in [2.75, 3.05) is 0 Å². The lowest BCUT2D eigenvalue weighted by Gasteiger charge is -2.18. The summed E-state index contributed by atoms with van der Waals surface area (Å²) in [5.74, 6) is 0. The molecule has 0 bridgehead atoms. The fourth-order valence-electron chi connectivity index (χ4n) is 9.57. The smallest absolute Gasteiger partial charge is 0.0788 e. The van der Waals surface area contributed by atoms with Gasteiger partial charge in [-0.2, -0.15) is 0 Å². The van der Waals surface area contributed by atoms with E-state index in [1.807, 2.05) is 0 Å². The lowest BCUT2D eigenvalue weighted by atomic mass is 9.85. The molecule has 2 aromatic heterocycles. The van der Waals surface area contributed by atoms with Crippen LogP contribution >= 0.6 is 0 Å². The van der Waals surface area contributed by atoms with Crippen molar-refractivity contribution in [3.05, 3.63) is 218 Å². The fourth-order valence-corrected chi connectivity index (χ4v) is 9.57. The second kappa shape index (κ2) is 13.4. The van der Waals surface area contributed by atoms with Crippen LogP contribution in [0.5, 0.6) is 0 Å². The molecule has 2 heteroatoms. The van der Waals surface area contributed by atoms with E-state index in [2.05, 4.69) is 223 Å². The Bertz CT molecular complexity index is 3510. The molecule has 10 aromatic carbocycles. The minimum absolute atomic E-state index is 0.976. The van der Waals surface area contributed by atoms with Gasteiger partial charge in [0, 0.05) is 38.2 Å². The first-order chi connectivity index (χ1) is 29.3. The molecule has 0 N–H and O–H groups in total. The number of nitrogens with zero attached hydrogens (tertiary/aromatic N) is 2. The Morgan fingerprint density at radius 2 is 0.763 bits per heavy atom. The van der Waals surface area contributed by atoms with Crippen LogP contribution < -0.4 is 0 Å². The van der Waals surface area contributed by atoms with E-state index in [0.29, 0.717) is 0 Å². The third-order valence-corrected chi connectivity index (χ3v) is 12.2. The van der Waals surface area contributed by atoms with E-state index in [9.17, 15) is 0 Å². The van der Waals surface area contributed by atoms with Crippen LogP contribution in [0.4, 0.5) is 0 Å². The number of aromatic nitrogens is 2. The Labute approximate surface area is 341 Å². The number of pyridine rings is 1. The van der Waals surface area contributed by atoms with E-state index < -0.39 is 0 Å². The summed E-state index contributed by atoms with van der Waals surface area (Å²) < 4.78 is 2.44. The van der Waals surface area contributed by atoms with Crippen LogP contribution in [-0.2, 0) is 0 Å². The lowest BCUT2D eigenvalue weighted by Crippen LogP contribution is -1.96. The van der Waals surface area contributed by atoms with Crippen LogP contribution in [0.15, 0.2) is 218 Å². The van der Waals surface area contributed by atoms with Crippen molar-refractivity contribution in [1.82, 2.24) is 9.55 Å². The number of rotatable bonds is 5. The van der Waals surface area contributed by atoms with Crippen LogP contribution in [0.1, 0.15) is 0 Å². The highest BCUT2D eigenvalue weighted by atomic mass is 15.0. The lowest BCUT2D eigenvalue weighted by molar-refractivity contribution is 1.19. The second-order valence-electron chi connectivity index (χ2n) is 15.4. The van der Waals surface area contributed by atoms with Crippen LogP contribution in [0.25, 0.3) is 115 Å². The van der Waals surface area contributed by atoms with E-state index in [1.165, 1.54) is 71.0 Å². The number of para-hydroxylation sites is 2. The molecule has 0 fully saturated rings. The molecule has 274 valence electrons. The molecular weight excluding hydrogens is 713 g/mol. The van der Waals surface area contributed by atoms with Crippen LogP contribution in [0.2, 0.25) is 0 Å². The Kier molecular flexibility index (Phi) is 7.57. The molecule has 0 unspecified atom stereocenters. The molecular formula is C57H36N2. The quantitative estimate of drug-likeness (QED) is 0.127. The summed E-state index contributed by atoms with van der Waals surface area (Å²) in [4.78, 5) is 5.48. The monoisotopic (exact) mass is 748 g/mol. The zero-order chi connectivity index (χ0) is 38.9. The van der Waals surface area contributed by atoms with Crippen LogP contribution in [0.3, 0.4) is 0 Å². The highest BCUT2D eigenvalue weighted by Gasteiger charge is 2.21. The molecule has 2 nitrogen and oxygen atoms in total. The second-order valence-corrected chi connectivity index (χ2v) is 15.4. The molecule has 0 amide bonds. The van der Waals surface area contributed by atoms with Gasteiger partial charge < -0.3 is 4.57 Å². The van der Waals surface area contributed by atoms with Gasteiger partial charge in [-0.25, -0.2) is 4.98 Å². The van der Waals surface area contributed by atoms with Gasteiger partial charge >= 0.3 is 0 Å². The van der Waals surface area contributed by atoms with Crippen molar-refractivity contribution in [1.29, 1.82) is 0 Å². The maximum atomic E-state index is 5.48. The molecule has 0 saturated carbocycles. The summed E-state index contributed by atoms with van der Waals surface area (Å²) in [7, 11) is 0. The Hall–Kier alpha value is -7.81. The van der Waals surface area contributed by atoms with Crippen molar-refractivity contribution in [3.8, 4) is 50.3 Å². The first kappa shape index (κ1) is 33.3. The largest absolute Gasteiger partial charge is 0.309 e. The van der Waals surface area contributed by atoms with Crippen molar-refractivity contribution in [2.45, 2.75) is 0 Å². The number of hydrogen-bond donors (Lipinski definition) is 0. The highest BCUT2D eigenvalue weighted by Crippen LogP contribution is 2.45. The van der Waals surface area contributed by atoms with E-state index >= 15 is 0 Å². The first-order valence-electron chi connectivity index (χ1n) is 20.3. The molecule has 12 rings (SSSR count). The average molecular weight is 749 g/mol. The topological polar surface area (TPSA) is 17.8 Å². The van der Waals surface area contributed by atoms with Gasteiger partial charge in [-0.3, -0.25) is 0 Å². The Balaban J connectivity index is 1.07. The van der Waals surface area contributed by atoms with Crippen molar-refractivity contribution in [3.63, 3.8) is 0 Å². The third kappa shape index (κ3) is 5.24. The standard InChI is InChI=1S/C57H36N2/c1-4-16-38(17-5-1)53-44-23-10-12-25-46(44)54(47-26-13-11-24-45(47)53)39-30-28-37(29-31-39)41-32-33-49-51(36-41)58-56(40-18-6-2-7-19-40)50-35-34-48-43-22-14-15-27-52(43)59(57(48)55(49)50)42-20-8-3-9-21-42/h1-36H. The molecule has 0 spiro atoms. The molecule has 2 heterocycles. The molecule has 12 aromatic rings. The number of hydrogen-bond acceptors (Lipinski definition) is 1. The molecule has 0 aliphatic heterocycles. The summed E-state index contributed by atoms with van der Waals surface area (Å²) in [6.07, 6.45) is 0. The highest BCUT2D eigenvalue weighted by molar-refractivity contribution is 6.27. The zero-order valence-corrected chi connectivity index (χ0v) is 32.2. The van der Waals surface area contributed by atoms with E-state index in [-0.39, 0.29) is 0 Å². The molecule has 0 aliphatic rings. The minimum atomic E-state index is 0.976. The molecule has 0 saturated heterocycles. The molecule has 0 radical (unpaired) electrons. The predicted octanol–water partition coefficient (Wildman–Crippen LogP) is 15.5. The van der Waals surface area contributed by atoms with E-state index in [1.54, 1.807) is 0 Å². The van der Waals surface area contributed by atoms with Gasteiger partial charge in [-0.15, -0.1) is 0 Å². The number of benzene rings is 10. The maximum Gasteiger partial charge on any atom is 0.0788 e. The zero-order valence-electron chi connectivity index (χ0n) is 32.2. The summed E-state index contributed by atoms with van der Waals surface area (Å²) in [5.41, 5.74) is 13.9. The van der Waals surface area contributed by atoms with Gasteiger partial charge in [0.1, 0.15) is 0 Å². The minimum Gasteiger partial charge on any atom is -0.309 e. The van der Waals surface area contributed by atoms with Crippen molar-refractivity contribution < 1.29 is 0 Å². The van der Waals surface area contributed by atoms with Gasteiger partial charge in [0.25, 0.3) is 0 Å². The van der Waals surface area contributed by atoms with Gasteiger partial charge in [0.05, 0.1) is 22.2 Å². The fraction of sp³-hybridized carbons (Fsp3) is 0. The summed E-state index contributed by atoms with van der Waals surface area (Å²) >= 11 is 0. The summed E-state index contributed by atoms with van der Waals surface area (Å²) in [6, 6.07) is 79.2. The third-order valence-electron chi connectivity index (χ3n) is 12.2. The molecule has 59 heavy (non-hydrogen) atoms. The van der Waals surface area contributed by atoms with Gasteiger partial charge in [-0.05, 0) is 79.2 Å². The van der Waals surface area contributed by atoms with Gasteiger partial charge in [0.2, 0.25) is 0 Å². The Morgan fingerprint density at radius 3 is 1.39 bits per heavy atom. The maximum absolute atomic E-state index is 5.48. The SMILES string of the molecule is c1ccc(-c2c3ccccc3c(-c3ccc(-c4ccc5c(c4)nc(-c4ccccc4)c4ccc6c7ccccc7n(-c7ccccc7)c6c45)cc3)c3ccccc23)cc1. The van der Waals surface area contributed by atoms with E-state index in [4.69, 9.17) is 4.98 Å². The predicted molar refractivity (Wildman–Crippen MR) is 250 cm³/mol. The summed E-state index contributed by atoms with van der Waals surface area (Å²) in [6.45, 7) is 0. The van der Waals surface area contributed by atoms with Crippen molar-refractivity contribution >= 4 is 65.0 Å². The van der Waals surface area contributed by atoms with Gasteiger partial charge in [-0.1, -0.05) is 194 Å². The van der Waals surface area contributed by atoms with Gasteiger partial charge in [0.15, 0.2) is 0 Å². The van der Waals surface area contributed by atoms with Crippen molar-refractivity contribution in [2.24, 2.45) is 0 Å².